The average Bonchev–Trinajstić information content (AvgIpc) is 2.69. The number of alkyl halides is 2. The van der Waals surface area contributed by atoms with E-state index in [2.05, 4.69) is 15.6 Å². The number of anilines is 1. The lowest BCUT2D eigenvalue weighted by Crippen LogP contribution is -2.47. The number of pyridine rings is 1. The van der Waals surface area contributed by atoms with Crippen LogP contribution in [0, 0.1) is 0 Å². The first-order valence-electron chi connectivity index (χ1n) is 8.84. The standard InChI is InChI=1S/C19H20F2N4O2S/c20-18(21)28-16-15(7-4-10-22-16)17(26)25-11-8-14(9-12-25)24-19(27)23-13-5-2-1-3-6-13/h1-7,10,14,18H,8-9,11-12H2,(H2,23,24,27). The van der Waals surface area contributed by atoms with Crippen molar-refractivity contribution in [3.63, 3.8) is 0 Å². The molecule has 0 spiro atoms. The Labute approximate surface area is 165 Å². The minimum Gasteiger partial charge on any atom is -0.338 e. The van der Waals surface area contributed by atoms with Crippen molar-refractivity contribution in [1.29, 1.82) is 0 Å². The average molecular weight is 406 g/mol. The molecule has 148 valence electrons. The van der Waals surface area contributed by atoms with Crippen LogP contribution in [0.25, 0.3) is 0 Å². The minimum absolute atomic E-state index is 0.0324. The van der Waals surface area contributed by atoms with E-state index in [-0.39, 0.29) is 40.3 Å². The van der Waals surface area contributed by atoms with Gasteiger partial charge in [0.15, 0.2) is 0 Å². The van der Waals surface area contributed by atoms with Crippen LogP contribution >= 0.6 is 11.8 Å². The topological polar surface area (TPSA) is 74.3 Å². The second kappa shape index (κ2) is 9.50. The van der Waals surface area contributed by atoms with Gasteiger partial charge in [-0.2, -0.15) is 8.78 Å². The van der Waals surface area contributed by atoms with Gasteiger partial charge >= 0.3 is 6.03 Å². The van der Waals surface area contributed by atoms with Gasteiger partial charge in [-0.05, 0) is 48.9 Å². The molecule has 6 nitrogen and oxygen atoms in total. The zero-order valence-corrected chi connectivity index (χ0v) is 15.8. The molecule has 0 aliphatic carbocycles. The third-order valence-corrected chi connectivity index (χ3v) is 5.08. The van der Waals surface area contributed by atoms with Crippen molar-refractivity contribution in [2.75, 3.05) is 18.4 Å². The summed E-state index contributed by atoms with van der Waals surface area (Å²) in [4.78, 5) is 30.3. The van der Waals surface area contributed by atoms with E-state index in [1.165, 1.54) is 12.3 Å². The van der Waals surface area contributed by atoms with Gasteiger partial charge in [0, 0.05) is 31.0 Å². The molecule has 0 saturated carbocycles. The number of amides is 3. The van der Waals surface area contributed by atoms with Gasteiger partial charge in [0.25, 0.3) is 11.7 Å². The van der Waals surface area contributed by atoms with Crippen LogP contribution in [0.5, 0.6) is 0 Å². The monoisotopic (exact) mass is 406 g/mol. The van der Waals surface area contributed by atoms with Crippen LogP contribution in [-0.4, -0.2) is 46.7 Å². The number of hydrogen-bond donors (Lipinski definition) is 2. The number of hydrogen-bond acceptors (Lipinski definition) is 4. The van der Waals surface area contributed by atoms with Gasteiger partial charge in [0.2, 0.25) is 0 Å². The summed E-state index contributed by atoms with van der Waals surface area (Å²) in [6.07, 6.45) is 2.57. The van der Waals surface area contributed by atoms with Crippen molar-refractivity contribution in [2.24, 2.45) is 0 Å². The first-order valence-corrected chi connectivity index (χ1v) is 9.72. The second-order valence-corrected chi connectivity index (χ2v) is 7.24. The van der Waals surface area contributed by atoms with Gasteiger partial charge < -0.3 is 15.5 Å². The molecule has 0 unspecified atom stereocenters. The third-order valence-electron chi connectivity index (χ3n) is 4.35. The normalized spacial score (nSPS) is 14.8. The van der Waals surface area contributed by atoms with Crippen LogP contribution in [0.3, 0.4) is 0 Å². The zero-order chi connectivity index (χ0) is 19.9. The summed E-state index contributed by atoms with van der Waals surface area (Å²) in [5.41, 5.74) is 0.884. The van der Waals surface area contributed by atoms with Crippen LogP contribution in [0.4, 0.5) is 19.3 Å². The molecular formula is C19H20F2N4O2S. The second-order valence-electron chi connectivity index (χ2n) is 6.27. The fourth-order valence-corrected chi connectivity index (χ4v) is 3.58. The molecule has 3 rings (SSSR count). The van der Waals surface area contributed by atoms with Crippen LogP contribution in [0.2, 0.25) is 0 Å². The number of carbonyl (C=O) groups excluding carboxylic acids is 2. The molecule has 2 heterocycles. The van der Waals surface area contributed by atoms with E-state index in [1.807, 2.05) is 18.2 Å². The summed E-state index contributed by atoms with van der Waals surface area (Å²) in [5, 5.41) is 5.69. The van der Waals surface area contributed by atoms with Crippen molar-refractivity contribution in [1.82, 2.24) is 15.2 Å². The van der Waals surface area contributed by atoms with Gasteiger partial charge in [-0.1, -0.05) is 18.2 Å². The molecule has 9 heteroatoms. The molecule has 1 aromatic carbocycles. The number of thioether (sulfide) groups is 1. The highest BCUT2D eigenvalue weighted by Gasteiger charge is 2.27. The first-order chi connectivity index (χ1) is 13.5. The predicted molar refractivity (Wildman–Crippen MR) is 104 cm³/mol. The van der Waals surface area contributed by atoms with Crippen molar-refractivity contribution < 1.29 is 18.4 Å². The molecule has 2 aromatic rings. The van der Waals surface area contributed by atoms with E-state index in [0.29, 0.717) is 31.6 Å². The molecule has 2 N–H and O–H groups in total. The number of nitrogens with one attached hydrogen (secondary N) is 2. The van der Waals surface area contributed by atoms with E-state index in [4.69, 9.17) is 0 Å². The van der Waals surface area contributed by atoms with E-state index < -0.39 is 5.76 Å². The molecule has 1 aromatic heterocycles. The number of urea groups is 1. The molecule has 0 atom stereocenters. The lowest BCUT2D eigenvalue weighted by molar-refractivity contribution is 0.0704. The third kappa shape index (κ3) is 5.41. The lowest BCUT2D eigenvalue weighted by Gasteiger charge is -2.32. The Balaban J connectivity index is 1.52. The van der Waals surface area contributed by atoms with Gasteiger partial charge in [-0.3, -0.25) is 4.79 Å². The molecule has 1 aliphatic rings. The maximum atomic E-state index is 12.7. The van der Waals surface area contributed by atoms with E-state index in [9.17, 15) is 18.4 Å². The fourth-order valence-electron chi connectivity index (χ4n) is 3.00. The smallest absolute Gasteiger partial charge is 0.319 e. The molecule has 0 bridgehead atoms. The van der Waals surface area contributed by atoms with Crippen molar-refractivity contribution in [3.8, 4) is 0 Å². The molecular weight excluding hydrogens is 386 g/mol. The number of nitrogens with zero attached hydrogens (tertiary/aromatic N) is 2. The number of para-hydroxylation sites is 1. The van der Waals surface area contributed by atoms with Gasteiger partial charge in [-0.25, -0.2) is 9.78 Å². The summed E-state index contributed by atoms with van der Waals surface area (Å²) < 4.78 is 25.4. The molecule has 0 radical (unpaired) electrons. The summed E-state index contributed by atoms with van der Waals surface area (Å²) in [6, 6.07) is 11.8. The van der Waals surface area contributed by atoms with Crippen molar-refractivity contribution in [2.45, 2.75) is 29.7 Å². The summed E-state index contributed by atoms with van der Waals surface area (Å²) in [6.45, 7) is 0.867. The van der Waals surface area contributed by atoms with Crippen molar-refractivity contribution >= 4 is 29.4 Å². The van der Waals surface area contributed by atoms with E-state index in [0.717, 1.165) is 0 Å². The number of halogens is 2. The highest BCUT2D eigenvalue weighted by atomic mass is 32.2. The Bertz CT molecular complexity index is 815. The molecule has 1 aliphatic heterocycles. The Morgan fingerprint density at radius 1 is 1.11 bits per heavy atom. The number of piperidine rings is 1. The predicted octanol–water partition coefficient (Wildman–Crippen LogP) is 3.82. The highest BCUT2D eigenvalue weighted by molar-refractivity contribution is 7.99. The number of benzene rings is 1. The van der Waals surface area contributed by atoms with Crippen molar-refractivity contribution in [3.05, 3.63) is 54.2 Å². The van der Waals surface area contributed by atoms with Gasteiger partial charge in [-0.15, -0.1) is 0 Å². The number of aromatic nitrogens is 1. The highest BCUT2D eigenvalue weighted by Crippen LogP contribution is 2.27. The number of likely N-dealkylation sites (tertiary alicyclic amines) is 1. The molecule has 1 fully saturated rings. The van der Waals surface area contributed by atoms with Crippen LogP contribution in [0.1, 0.15) is 23.2 Å². The maximum Gasteiger partial charge on any atom is 0.319 e. The van der Waals surface area contributed by atoms with E-state index in [1.54, 1.807) is 23.1 Å². The SMILES string of the molecule is O=C(Nc1ccccc1)NC1CCN(C(=O)c2cccnc2SC(F)F)CC1. The number of rotatable bonds is 5. The van der Waals surface area contributed by atoms with Gasteiger partial charge in [0.1, 0.15) is 5.03 Å². The first kappa shape index (κ1) is 20.1. The van der Waals surface area contributed by atoms with Crippen LogP contribution in [0.15, 0.2) is 53.7 Å². The Hall–Kier alpha value is -2.68. The van der Waals surface area contributed by atoms with Crippen LogP contribution in [-0.2, 0) is 0 Å². The summed E-state index contributed by atoms with van der Waals surface area (Å²) in [7, 11) is 0. The Kier molecular flexibility index (Phi) is 6.80. The Morgan fingerprint density at radius 2 is 1.82 bits per heavy atom. The number of carbonyl (C=O) groups is 2. The fraction of sp³-hybridized carbons (Fsp3) is 0.316. The molecule has 1 saturated heterocycles. The largest absolute Gasteiger partial charge is 0.338 e. The lowest BCUT2D eigenvalue weighted by atomic mass is 10.0. The van der Waals surface area contributed by atoms with Crippen LogP contribution < -0.4 is 10.6 Å². The minimum atomic E-state index is -2.64. The quantitative estimate of drug-likeness (QED) is 0.741. The van der Waals surface area contributed by atoms with Gasteiger partial charge in [0.05, 0.1) is 5.56 Å². The van der Waals surface area contributed by atoms with E-state index >= 15 is 0 Å². The summed E-state index contributed by atoms with van der Waals surface area (Å²) >= 11 is 0.270. The summed E-state index contributed by atoms with van der Waals surface area (Å²) in [5.74, 6) is -2.96. The maximum absolute atomic E-state index is 12.7. The molecule has 28 heavy (non-hydrogen) atoms. The Morgan fingerprint density at radius 3 is 2.50 bits per heavy atom. The zero-order valence-electron chi connectivity index (χ0n) is 15.0. The molecule has 3 amide bonds.